The molecule has 17 heavy (non-hydrogen) atoms. The molecule has 1 amide bonds. The lowest BCUT2D eigenvalue weighted by Gasteiger charge is -2.08. The van der Waals surface area contributed by atoms with Gasteiger partial charge >= 0.3 is 0 Å². The van der Waals surface area contributed by atoms with Crippen LogP contribution in [0.2, 0.25) is 0 Å². The molecule has 2 N–H and O–H groups in total. The molecule has 0 aliphatic carbocycles. The molecular formula is C11H12N4OS. The molecule has 2 aromatic rings. The fourth-order valence-corrected chi connectivity index (χ4v) is 1.89. The molecule has 0 spiro atoms. The summed E-state index contributed by atoms with van der Waals surface area (Å²) in [5.41, 5.74) is 1.29. The van der Waals surface area contributed by atoms with Crippen molar-refractivity contribution in [2.24, 2.45) is 0 Å². The predicted octanol–water partition coefficient (Wildman–Crippen LogP) is 2.22. The van der Waals surface area contributed by atoms with Crippen LogP contribution in [-0.4, -0.2) is 22.4 Å². The number of carbonyl (C=O) groups is 1. The molecule has 0 saturated heterocycles. The van der Waals surface area contributed by atoms with E-state index in [-0.39, 0.29) is 5.91 Å². The molecule has 5 nitrogen and oxygen atoms in total. The second kappa shape index (κ2) is 5.40. The molecule has 0 aromatic carbocycles. The Bertz CT molecular complexity index is 498. The van der Waals surface area contributed by atoms with Crippen molar-refractivity contribution >= 4 is 28.1 Å². The number of carbonyl (C=O) groups excluding carboxylic acids is 1. The van der Waals surface area contributed by atoms with Gasteiger partial charge in [-0.05, 0) is 13.0 Å². The zero-order valence-corrected chi connectivity index (χ0v) is 10.1. The molecule has 0 atom stereocenters. The quantitative estimate of drug-likeness (QED) is 0.870. The second-order valence-corrected chi connectivity index (χ2v) is 4.14. The Morgan fingerprint density at radius 2 is 2.35 bits per heavy atom. The highest BCUT2D eigenvalue weighted by Gasteiger charge is 2.12. The van der Waals surface area contributed by atoms with Gasteiger partial charge in [-0.3, -0.25) is 15.1 Å². The summed E-state index contributed by atoms with van der Waals surface area (Å²) in [5.74, 6) is -0.205. The highest BCUT2D eigenvalue weighted by atomic mass is 32.1. The maximum atomic E-state index is 12.0. The Labute approximate surface area is 103 Å². The Morgan fingerprint density at radius 3 is 3.06 bits per heavy atom. The third kappa shape index (κ3) is 2.79. The van der Waals surface area contributed by atoms with Gasteiger partial charge in [0.05, 0.1) is 11.3 Å². The van der Waals surface area contributed by atoms with Crippen LogP contribution >= 0.6 is 11.3 Å². The SMILES string of the molecule is CCNc1ccncc1C(=O)Nc1nccs1. The minimum absolute atomic E-state index is 0.205. The van der Waals surface area contributed by atoms with Crippen LogP contribution in [0.1, 0.15) is 17.3 Å². The third-order valence-electron chi connectivity index (χ3n) is 2.09. The van der Waals surface area contributed by atoms with Gasteiger partial charge in [0, 0.05) is 30.5 Å². The Balaban J connectivity index is 2.18. The van der Waals surface area contributed by atoms with Gasteiger partial charge in [-0.1, -0.05) is 0 Å². The van der Waals surface area contributed by atoms with E-state index in [1.807, 2.05) is 12.3 Å². The van der Waals surface area contributed by atoms with E-state index in [2.05, 4.69) is 20.6 Å². The van der Waals surface area contributed by atoms with Crippen LogP contribution in [0.15, 0.2) is 30.0 Å². The number of aromatic nitrogens is 2. The first-order valence-electron chi connectivity index (χ1n) is 5.20. The minimum Gasteiger partial charge on any atom is -0.385 e. The number of pyridine rings is 1. The average molecular weight is 248 g/mol. The third-order valence-corrected chi connectivity index (χ3v) is 2.77. The molecule has 2 heterocycles. The van der Waals surface area contributed by atoms with Crippen molar-refractivity contribution in [1.29, 1.82) is 0 Å². The van der Waals surface area contributed by atoms with Crippen molar-refractivity contribution in [3.8, 4) is 0 Å². The Kier molecular flexibility index (Phi) is 3.66. The second-order valence-electron chi connectivity index (χ2n) is 3.24. The topological polar surface area (TPSA) is 66.9 Å². The monoisotopic (exact) mass is 248 g/mol. The summed E-state index contributed by atoms with van der Waals surface area (Å²) < 4.78 is 0. The van der Waals surface area contributed by atoms with Crippen molar-refractivity contribution < 1.29 is 4.79 Å². The highest BCUT2D eigenvalue weighted by molar-refractivity contribution is 7.13. The summed E-state index contributed by atoms with van der Waals surface area (Å²) in [6, 6.07) is 1.78. The van der Waals surface area contributed by atoms with Crippen molar-refractivity contribution in [2.45, 2.75) is 6.92 Å². The van der Waals surface area contributed by atoms with Gasteiger partial charge in [-0.15, -0.1) is 11.3 Å². The fourth-order valence-electron chi connectivity index (χ4n) is 1.37. The lowest BCUT2D eigenvalue weighted by Crippen LogP contribution is -2.15. The molecule has 88 valence electrons. The standard InChI is InChI=1S/C11H12N4OS/c1-2-13-9-3-4-12-7-8(9)10(16)15-11-14-5-6-17-11/h3-7H,2H2,1H3,(H,12,13)(H,14,15,16). The highest BCUT2D eigenvalue weighted by Crippen LogP contribution is 2.17. The number of nitrogens with zero attached hydrogens (tertiary/aromatic N) is 2. The van der Waals surface area contributed by atoms with Crippen LogP contribution < -0.4 is 10.6 Å². The number of amides is 1. The first-order chi connectivity index (χ1) is 8.31. The fraction of sp³-hybridized carbons (Fsp3) is 0.182. The number of hydrogen-bond acceptors (Lipinski definition) is 5. The average Bonchev–Trinajstić information content (AvgIpc) is 2.83. The molecule has 0 bridgehead atoms. The van der Waals surface area contributed by atoms with Crippen LogP contribution in [-0.2, 0) is 0 Å². The molecule has 6 heteroatoms. The first kappa shape index (κ1) is 11.5. The molecule has 0 fully saturated rings. The van der Waals surface area contributed by atoms with E-state index in [9.17, 15) is 4.79 Å². The maximum Gasteiger partial charge on any atom is 0.261 e. The Hall–Kier alpha value is -1.95. The van der Waals surface area contributed by atoms with Crippen LogP contribution in [0, 0.1) is 0 Å². The molecule has 0 unspecified atom stereocenters. The van der Waals surface area contributed by atoms with Gasteiger partial charge in [0.25, 0.3) is 5.91 Å². The molecule has 0 saturated carbocycles. The Morgan fingerprint density at radius 1 is 1.47 bits per heavy atom. The van der Waals surface area contributed by atoms with E-state index in [0.29, 0.717) is 10.7 Å². The minimum atomic E-state index is -0.205. The zero-order valence-electron chi connectivity index (χ0n) is 9.30. The normalized spacial score (nSPS) is 9.94. The van der Waals surface area contributed by atoms with E-state index in [4.69, 9.17) is 0 Å². The predicted molar refractivity (Wildman–Crippen MR) is 68.5 cm³/mol. The molecule has 0 aliphatic heterocycles. The van der Waals surface area contributed by atoms with E-state index in [1.54, 1.807) is 24.7 Å². The molecule has 0 radical (unpaired) electrons. The van der Waals surface area contributed by atoms with Crippen molar-refractivity contribution in [3.05, 3.63) is 35.6 Å². The largest absolute Gasteiger partial charge is 0.385 e. The van der Waals surface area contributed by atoms with Gasteiger partial charge in [-0.2, -0.15) is 0 Å². The summed E-state index contributed by atoms with van der Waals surface area (Å²) in [6.45, 7) is 2.73. The van der Waals surface area contributed by atoms with Crippen LogP contribution in [0.4, 0.5) is 10.8 Å². The van der Waals surface area contributed by atoms with E-state index < -0.39 is 0 Å². The van der Waals surface area contributed by atoms with E-state index in [1.165, 1.54) is 11.3 Å². The van der Waals surface area contributed by atoms with Crippen LogP contribution in [0.3, 0.4) is 0 Å². The van der Waals surface area contributed by atoms with Crippen molar-refractivity contribution in [3.63, 3.8) is 0 Å². The van der Waals surface area contributed by atoms with Gasteiger partial charge in [0.2, 0.25) is 0 Å². The summed E-state index contributed by atoms with van der Waals surface area (Å²) in [4.78, 5) is 19.9. The number of anilines is 2. The molecule has 2 rings (SSSR count). The molecular weight excluding hydrogens is 236 g/mol. The number of thiazole rings is 1. The number of nitrogens with one attached hydrogen (secondary N) is 2. The zero-order chi connectivity index (χ0) is 12.1. The summed E-state index contributed by atoms with van der Waals surface area (Å²) in [7, 11) is 0. The number of rotatable bonds is 4. The summed E-state index contributed by atoms with van der Waals surface area (Å²) in [5, 5.41) is 8.24. The van der Waals surface area contributed by atoms with Crippen LogP contribution in [0.5, 0.6) is 0 Å². The summed E-state index contributed by atoms with van der Waals surface area (Å²) >= 11 is 1.38. The van der Waals surface area contributed by atoms with Crippen molar-refractivity contribution in [2.75, 3.05) is 17.2 Å². The maximum absolute atomic E-state index is 12.0. The van der Waals surface area contributed by atoms with Crippen molar-refractivity contribution in [1.82, 2.24) is 9.97 Å². The molecule has 0 aliphatic rings. The van der Waals surface area contributed by atoms with Crippen LogP contribution in [0.25, 0.3) is 0 Å². The summed E-state index contributed by atoms with van der Waals surface area (Å²) in [6.07, 6.45) is 4.84. The lowest BCUT2D eigenvalue weighted by molar-refractivity contribution is 0.102. The smallest absolute Gasteiger partial charge is 0.261 e. The lowest BCUT2D eigenvalue weighted by atomic mass is 10.2. The van der Waals surface area contributed by atoms with E-state index in [0.717, 1.165) is 12.2 Å². The number of hydrogen-bond donors (Lipinski definition) is 2. The molecule has 2 aromatic heterocycles. The van der Waals surface area contributed by atoms with Gasteiger partial charge in [0.1, 0.15) is 0 Å². The van der Waals surface area contributed by atoms with Gasteiger partial charge in [-0.25, -0.2) is 4.98 Å². The van der Waals surface area contributed by atoms with Gasteiger partial charge in [0.15, 0.2) is 5.13 Å². The first-order valence-corrected chi connectivity index (χ1v) is 6.08. The van der Waals surface area contributed by atoms with E-state index >= 15 is 0 Å². The van der Waals surface area contributed by atoms with Gasteiger partial charge < -0.3 is 5.32 Å².